The fourth-order valence-electron chi connectivity index (χ4n) is 4.12. The molecule has 0 aliphatic carbocycles. The first kappa shape index (κ1) is 24.0. The van der Waals surface area contributed by atoms with E-state index in [1.54, 1.807) is 18.2 Å². The molecule has 0 spiro atoms. The Labute approximate surface area is 199 Å². The molecule has 0 radical (unpaired) electrons. The van der Waals surface area contributed by atoms with Gasteiger partial charge in [-0.15, -0.1) is 0 Å². The normalized spacial score (nSPS) is 16.4. The Morgan fingerprint density at radius 3 is 2.24 bits per heavy atom. The quantitative estimate of drug-likeness (QED) is 0.503. The first-order valence-corrected chi connectivity index (χ1v) is 12.8. The maximum Gasteiger partial charge on any atom is 0.336 e. The molecule has 0 bridgehead atoms. The SMILES string of the molecule is Cc1cc2oc(=O)cc(CN3CCN(S(=O)(=O)c4ccc(C(C)(C)C)cc4)CC3)c2cc1Cl. The van der Waals surface area contributed by atoms with Gasteiger partial charge in [0.15, 0.2) is 0 Å². The van der Waals surface area contributed by atoms with Crippen LogP contribution in [0.3, 0.4) is 0 Å². The molecule has 1 fully saturated rings. The van der Waals surface area contributed by atoms with Crippen LogP contribution in [0.15, 0.2) is 56.6 Å². The summed E-state index contributed by atoms with van der Waals surface area (Å²) in [4.78, 5) is 14.5. The van der Waals surface area contributed by atoms with Crippen molar-refractivity contribution in [3.63, 3.8) is 0 Å². The molecule has 6 nitrogen and oxygen atoms in total. The molecule has 4 rings (SSSR count). The van der Waals surface area contributed by atoms with Crippen LogP contribution in [0, 0.1) is 6.92 Å². The van der Waals surface area contributed by atoms with Crippen molar-refractivity contribution in [2.75, 3.05) is 26.2 Å². The van der Waals surface area contributed by atoms with Gasteiger partial charge >= 0.3 is 5.63 Å². The Kier molecular flexibility index (Phi) is 6.44. The molecule has 0 saturated carbocycles. The van der Waals surface area contributed by atoms with Gasteiger partial charge in [-0.2, -0.15) is 4.31 Å². The van der Waals surface area contributed by atoms with Crippen LogP contribution in [-0.4, -0.2) is 43.8 Å². The standard InChI is InChI=1S/C25H29ClN2O4S/c1-17-13-23-21(15-22(17)26)18(14-24(29)32-23)16-27-9-11-28(12-10-27)33(30,31)20-7-5-19(6-8-20)25(2,3)4/h5-8,13-15H,9-12,16H2,1-4H3. The van der Waals surface area contributed by atoms with Crippen molar-refractivity contribution in [2.24, 2.45) is 0 Å². The molecule has 1 saturated heterocycles. The van der Waals surface area contributed by atoms with Gasteiger partial charge in [0.2, 0.25) is 10.0 Å². The molecule has 0 atom stereocenters. The second-order valence-electron chi connectivity index (χ2n) is 9.64. The number of rotatable bonds is 4. The first-order chi connectivity index (χ1) is 15.4. The van der Waals surface area contributed by atoms with Crippen molar-refractivity contribution in [1.29, 1.82) is 0 Å². The van der Waals surface area contributed by atoms with Gasteiger partial charge in [0.1, 0.15) is 5.58 Å². The average Bonchev–Trinajstić information content (AvgIpc) is 2.75. The Balaban J connectivity index is 1.48. The summed E-state index contributed by atoms with van der Waals surface area (Å²) in [5, 5.41) is 1.42. The van der Waals surface area contributed by atoms with E-state index in [2.05, 4.69) is 25.7 Å². The van der Waals surface area contributed by atoms with Crippen LogP contribution >= 0.6 is 11.6 Å². The van der Waals surface area contributed by atoms with Gasteiger partial charge in [0.05, 0.1) is 4.90 Å². The van der Waals surface area contributed by atoms with Crippen molar-refractivity contribution >= 4 is 32.6 Å². The molecule has 0 unspecified atom stereocenters. The Morgan fingerprint density at radius 1 is 1.00 bits per heavy atom. The van der Waals surface area contributed by atoms with Crippen molar-refractivity contribution < 1.29 is 12.8 Å². The molecule has 1 aliphatic heterocycles. The number of halogens is 1. The Bertz CT molecular complexity index is 1330. The van der Waals surface area contributed by atoms with Crippen LogP contribution in [0.2, 0.25) is 5.02 Å². The largest absolute Gasteiger partial charge is 0.423 e. The molecule has 8 heteroatoms. The molecule has 2 aromatic carbocycles. The van der Waals surface area contributed by atoms with Crippen LogP contribution in [0.1, 0.15) is 37.5 Å². The lowest BCUT2D eigenvalue weighted by atomic mass is 9.87. The topological polar surface area (TPSA) is 70.8 Å². The summed E-state index contributed by atoms with van der Waals surface area (Å²) in [6.45, 7) is 10.6. The van der Waals surface area contributed by atoms with E-state index in [4.69, 9.17) is 16.0 Å². The van der Waals surface area contributed by atoms with Gasteiger partial charge in [-0.3, -0.25) is 4.90 Å². The molecule has 1 aliphatic rings. The monoisotopic (exact) mass is 488 g/mol. The van der Waals surface area contributed by atoms with Gasteiger partial charge in [0.25, 0.3) is 0 Å². The third-order valence-corrected chi connectivity index (χ3v) is 8.51. The van der Waals surface area contributed by atoms with Crippen LogP contribution in [0.25, 0.3) is 11.0 Å². The predicted octanol–water partition coefficient (Wildman–Crippen LogP) is 4.56. The van der Waals surface area contributed by atoms with E-state index in [1.165, 1.54) is 10.4 Å². The summed E-state index contributed by atoms with van der Waals surface area (Å²) in [7, 11) is -3.55. The van der Waals surface area contributed by atoms with Crippen LogP contribution < -0.4 is 5.63 Å². The summed E-state index contributed by atoms with van der Waals surface area (Å²) >= 11 is 6.30. The average molecular weight is 489 g/mol. The molecule has 33 heavy (non-hydrogen) atoms. The maximum atomic E-state index is 13.1. The third kappa shape index (κ3) is 5.01. The Morgan fingerprint density at radius 2 is 1.64 bits per heavy atom. The molecule has 3 aromatic rings. The molecule has 0 amide bonds. The number of fused-ring (bicyclic) bond motifs is 1. The fourth-order valence-corrected chi connectivity index (χ4v) is 5.71. The maximum absolute atomic E-state index is 13.1. The van der Waals surface area contributed by atoms with Crippen LogP contribution in [0.5, 0.6) is 0 Å². The molecule has 0 N–H and O–H groups in total. The van der Waals surface area contributed by atoms with Crippen LogP contribution in [-0.2, 0) is 22.0 Å². The van der Waals surface area contributed by atoms with Crippen LogP contribution in [0.4, 0.5) is 0 Å². The second kappa shape index (κ2) is 8.87. The molecule has 176 valence electrons. The predicted molar refractivity (Wildman–Crippen MR) is 131 cm³/mol. The van der Waals surface area contributed by atoms with Crippen molar-refractivity contribution in [3.05, 3.63) is 74.6 Å². The number of sulfonamides is 1. The minimum atomic E-state index is -3.55. The molecule has 2 heterocycles. The Hall–Kier alpha value is -2.19. The second-order valence-corrected chi connectivity index (χ2v) is 12.0. The lowest BCUT2D eigenvalue weighted by Gasteiger charge is -2.34. The number of aryl methyl sites for hydroxylation is 1. The van der Waals surface area contributed by atoms with Gasteiger partial charge in [0, 0.05) is 49.2 Å². The lowest BCUT2D eigenvalue weighted by Crippen LogP contribution is -2.48. The lowest BCUT2D eigenvalue weighted by molar-refractivity contribution is 0.182. The highest BCUT2D eigenvalue weighted by Gasteiger charge is 2.29. The summed E-state index contributed by atoms with van der Waals surface area (Å²) in [5.74, 6) is 0. The van der Waals surface area contributed by atoms with Gasteiger partial charge < -0.3 is 4.42 Å². The highest BCUT2D eigenvalue weighted by atomic mass is 35.5. The third-order valence-electron chi connectivity index (χ3n) is 6.19. The number of hydrogen-bond acceptors (Lipinski definition) is 5. The van der Waals surface area contributed by atoms with E-state index in [0.717, 1.165) is 22.1 Å². The number of benzene rings is 2. The minimum Gasteiger partial charge on any atom is -0.423 e. The van der Waals surface area contributed by atoms with Gasteiger partial charge in [-0.05, 0) is 53.3 Å². The first-order valence-electron chi connectivity index (χ1n) is 11.0. The summed E-state index contributed by atoms with van der Waals surface area (Å²) in [6.07, 6.45) is 0. The van der Waals surface area contributed by atoms with Gasteiger partial charge in [-0.25, -0.2) is 13.2 Å². The number of nitrogens with zero attached hydrogens (tertiary/aromatic N) is 2. The zero-order chi connectivity index (χ0) is 24.0. The van der Waals surface area contributed by atoms with Gasteiger partial charge in [-0.1, -0.05) is 44.5 Å². The fraction of sp³-hybridized carbons (Fsp3) is 0.400. The zero-order valence-electron chi connectivity index (χ0n) is 19.4. The minimum absolute atomic E-state index is 0.0321. The highest BCUT2D eigenvalue weighted by molar-refractivity contribution is 7.89. The van der Waals surface area contributed by atoms with E-state index in [0.29, 0.717) is 48.2 Å². The molecular weight excluding hydrogens is 460 g/mol. The van der Waals surface area contributed by atoms with E-state index in [-0.39, 0.29) is 5.41 Å². The summed E-state index contributed by atoms with van der Waals surface area (Å²) < 4.78 is 33.2. The summed E-state index contributed by atoms with van der Waals surface area (Å²) in [6, 6.07) is 12.3. The number of hydrogen-bond donors (Lipinski definition) is 0. The summed E-state index contributed by atoms with van der Waals surface area (Å²) in [5.41, 5.74) is 2.85. The van der Waals surface area contributed by atoms with E-state index in [9.17, 15) is 13.2 Å². The van der Waals surface area contributed by atoms with E-state index >= 15 is 0 Å². The number of piperazine rings is 1. The van der Waals surface area contributed by atoms with Crippen molar-refractivity contribution in [3.8, 4) is 0 Å². The van der Waals surface area contributed by atoms with E-state index in [1.807, 2.05) is 25.1 Å². The smallest absolute Gasteiger partial charge is 0.336 e. The van der Waals surface area contributed by atoms with Crippen molar-refractivity contribution in [1.82, 2.24) is 9.21 Å². The zero-order valence-corrected chi connectivity index (χ0v) is 21.0. The van der Waals surface area contributed by atoms with Crippen molar-refractivity contribution in [2.45, 2.75) is 44.6 Å². The highest BCUT2D eigenvalue weighted by Crippen LogP contribution is 2.27. The molecular formula is C25H29ClN2O4S. The van der Waals surface area contributed by atoms with E-state index < -0.39 is 15.6 Å². The molecule has 1 aromatic heterocycles.